The molecule has 0 bridgehead atoms. The van der Waals surface area contributed by atoms with E-state index in [2.05, 4.69) is 10.1 Å². The predicted octanol–water partition coefficient (Wildman–Crippen LogP) is -1.16. The zero-order valence-electron chi connectivity index (χ0n) is 7.98. The lowest BCUT2D eigenvalue weighted by Gasteiger charge is -2.09. The van der Waals surface area contributed by atoms with Gasteiger partial charge in [-0.15, -0.1) is 0 Å². The summed E-state index contributed by atoms with van der Waals surface area (Å²) in [6.07, 6.45) is -0.359. The van der Waals surface area contributed by atoms with Gasteiger partial charge in [-0.25, -0.2) is 4.79 Å². The standard InChI is InChI=1S/C8H17NO5/c10-4-2-1-3-9-8(13)14-6-7(12)5-11/h7,10-12H,1-6H2,(H,9,13). The number of ether oxygens (including phenoxy) is 1. The average molecular weight is 207 g/mol. The Labute approximate surface area is 82.5 Å². The fraction of sp³-hybridized carbons (Fsp3) is 0.875. The first-order chi connectivity index (χ1) is 6.70. The summed E-state index contributed by atoms with van der Waals surface area (Å²) in [6, 6.07) is 0. The van der Waals surface area contributed by atoms with Crippen LogP contribution in [0, 0.1) is 0 Å². The summed E-state index contributed by atoms with van der Waals surface area (Å²) >= 11 is 0. The Balaban J connectivity index is 3.28. The van der Waals surface area contributed by atoms with Gasteiger partial charge in [0.2, 0.25) is 0 Å². The van der Waals surface area contributed by atoms with Crippen LogP contribution in [0.4, 0.5) is 4.79 Å². The highest BCUT2D eigenvalue weighted by atomic mass is 16.6. The molecule has 84 valence electrons. The summed E-state index contributed by atoms with van der Waals surface area (Å²) in [6.45, 7) is -0.130. The summed E-state index contributed by atoms with van der Waals surface area (Å²) in [7, 11) is 0. The number of hydrogen-bond acceptors (Lipinski definition) is 5. The van der Waals surface area contributed by atoms with Crippen molar-refractivity contribution in [1.82, 2.24) is 5.32 Å². The molecule has 0 heterocycles. The van der Waals surface area contributed by atoms with Gasteiger partial charge in [0.1, 0.15) is 12.7 Å². The van der Waals surface area contributed by atoms with E-state index in [4.69, 9.17) is 15.3 Å². The molecule has 1 atom stereocenters. The molecule has 0 aromatic heterocycles. The molecule has 0 fully saturated rings. The van der Waals surface area contributed by atoms with E-state index in [-0.39, 0.29) is 13.2 Å². The topological polar surface area (TPSA) is 99.0 Å². The van der Waals surface area contributed by atoms with Gasteiger partial charge in [-0.3, -0.25) is 0 Å². The van der Waals surface area contributed by atoms with Crippen LogP contribution >= 0.6 is 0 Å². The maximum Gasteiger partial charge on any atom is 0.407 e. The largest absolute Gasteiger partial charge is 0.447 e. The Morgan fingerprint density at radius 3 is 2.64 bits per heavy atom. The summed E-state index contributed by atoms with van der Waals surface area (Å²) in [5, 5.41) is 28.1. The maximum absolute atomic E-state index is 10.8. The van der Waals surface area contributed by atoms with Crippen LogP contribution in [0.15, 0.2) is 0 Å². The Kier molecular flexibility index (Phi) is 8.20. The van der Waals surface area contributed by atoms with Crippen molar-refractivity contribution in [3.05, 3.63) is 0 Å². The average Bonchev–Trinajstić information content (AvgIpc) is 2.21. The molecule has 0 aromatic carbocycles. The zero-order chi connectivity index (χ0) is 10.8. The zero-order valence-corrected chi connectivity index (χ0v) is 7.98. The van der Waals surface area contributed by atoms with Crippen LogP contribution in [0.5, 0.6) is 0 Å². The van der Waals surface area contributed by atoms with Crippen LogP contribution in [0.3, 0.4) is 0 Å². The van der Waals surface area contributed by atoms with Crippen molar-refractivity contribution in [3.8, 4) is 0 Å². The summed E-state index contributed by atoms with van der Waals surface area (Å²) < 4.78 is 4.55. The van der Waals surface area contributed by atoms with E-state index < -0.39 is 18.8 Å². The minimum absolute atomic E-state index is 0.0972. The highest BCUT2D eigenvalue weighted by Gasteiger charge is 2.06. The molecule has 0 aliphatic rings. The number of carbonyl (C=O) groups excluding carboxylic acids is 1. The van der Waals surface area contributed by atoms with Crippen molar-refractivity contribution in [3.63, 3.8) is 0 Å². The van der Waals surface area contributed by atoms with Crippen LogP contribution in [-0.4, -0.2) is 53.9 Å². The van der Waals surface area contributed by atoms with E-state index in [9.17, 15) is 4.79 Å². The summed E-state index contributed by atoms with van der Waals surface area (Å²) in [5.74, 6) is 0. The van der Waals surface area contributed by atoms with Crippen LogP contribution in [0.25, 0.3) is 0 Å². The molecule has 0 saturated heterocycles. The van der Waals surface area contributed by atoms with Gasteiger partial charge in [0, 0.05) is 13.2 Å². The third kappa shape index (κ3) is 7.78. The van der Waals surface area contributed by atoms with Crippen molar-refractivity contribution in [1.29, 1.82) is 0 Å². The van der Waals surface area contributed by atoms with Gasteiger partial charge in [0.15, 0.2) is 0 Å². The number of amides is 1. The number of alkyl carbamates (subject to hydrolysis) is 1. The fourth-order valence-corrected chi connectivity index (χ4v) is 0.703. The van der Waals surface area contributed by atoms with Crippen LogP contribution in [0.1, 0.15) is 12.8 Å². The molecular formula is C8H17NO5. The number of aliphatic hydroxyl groups excluding tert-OH is 3. The number of rotatable bonds is 7. The lowest BCUT2D eigenvalue weighted by atomic mass is 10.3. The highest BCUT2D eigenvalue weighted by molar-refractivity contribution is 5.67. The Bertz CT molecular complexity index is 153. The molecule has 0 rings (SSSR count). The van der Waals surface area contributed by atoms with Crippen LogP contribution in [-0.2, 0) is 4.74 Å². The summed E-state index contributed by atoms with van der Waals surface area (Å²) in [4.78, 5) is 10.8. The molecule has 0 spiro atoms. The SMILES string of the molecule is O=C(NCCCCO)OCC(O)CO. The van der Waals surface area contributed by atoms with Gasteiger partial charge in [-0.05, 0) is 12.8 Å². The second-order valence-corrected chi connectivity index (χ2v) is 2.79. The maximum atomic E-state index is 10.8. The molecule has 0 aliphatic carbocycles. The number of carbonyl (C=O) groups is 1. The Morgan fingerprint density at radius 2 is 2.07 bits per heavy atom. The van der Waals surface area contributed by atoms with E-state index in [0.29, 0.717) is 19.4 Å². The molecular weight excluding hydrogens is 190 g/mol. The number of hydrogen-bond donors (Lipinski definition) is 4. The first-order valence-corrected chi connectivity index (χ1v) is 4.51. The molecule has 6 heteroatoms. The van der Waals surface area contributed by atoms with Crippen molar-refractivity contribution in [2.45, 2.75) is 18.9 Å². The smallest absolute Gasteiger partial charge is 0.407 e. The fourth-order valence-electron chi connectivity index (χ4n) is 0.703. The second-order valence-electron chi connectivity index (χ2n) is 2.79. The number of aliphatic hydroxyl groups is 3. The highest BCUT2D eigenvalue weighted by Crippen LogP contribution is 1.87. The molecule has 0 aromatic rings. The monoisotopic (exact) mass is 207 g/mol. The van der Waals surface area contributed by atoms with E-state index in [1.54, 1.807) is 0 Å². The number of unbranched alkanes of at least 4 members (excludes halogenated alkanes) is 1. The normalized spacial score (nSPS) is 12.2. The van der Waals surface area contributed by atoms with Crippen molar-refractivity contribution < 1.29 is 24.9 Å². The van der Waals surface area contributed by atoms with Crippen molar-refractivity contribution in [2.75, 3.05) is 26.4 Å². The molecule has 0 saturated carbocycles. The van der Waals surface area contributed by atoms with Gasteiger partial charge in [-0.1, -0.05) is 0 Å². The first-order valence-electron chi connectivity index (χ1n) is 4.51. The summed E-state index contributed by atoms with van der Waals surface area (Å²) in [5.41, 5.74) is 0. The molecule has 0 aliphatic heterocycles. The van der Waals surface area contributed by atoms with Crippen molar-refractivity contribution in [2.24, 2.45) is 0 Å². The Morgan fingerprint density at radius 1 is 1.36 bits per heavy atom. The third-order valence-electron chi connectivity index (χ3n) is 1.47. The van der Waals surface area contributed by atoms with Gasteiger partial charge < -0.3 is 25.4 Å². The van der Waals surface area contributed by atoms with E-state index in [0.717, 1.165) is 0 Å². The van der Waals surface area contributed by atoms with Crippen molar-refractivity contribution >= 4 is 6.09 Å². The minimum Gasteiger partial charge on any atom is -0.447 e. The van der Waals surface area contributed by atoms with Gasteiger partial charge in [0.25, 0.3) is 0 Å². The van der Waals surface area contributed by atoms with E-state index >= 15 is 0 Å². The quantitative estimate of drug-likeness (QED) is 0.395. The molecule has 1 unspecified atom stereocenters. The Hall–Kier alpha value is -0.850. The predicted molar refractivity (Wildman–Crippen MR) is 48.8 cm³/mol. The molecule has 14 heavy (non-hydrogen) atoms. The molecule has 0 radical (unpaired) electrons. The molecule has 1 amide bonds. The van der Waals surface area contributed by atoms with Crippen LogP contribution < -0.4 is 5.32 Å². The van der Waals surface area contributed by atoms with Gasteiger partial charge >= 0.3 is 6.09 Å². The number of nitrogens with one attached hydrogen (secondary N) is 1. The second kappa shape index (κ2) is 8.74. The van der Waals surface area contributed by atoms with Gasteiger partial charge in [-0.2, -0.15) is 0 Å². The van der Waals surface area contributed by atoms with E-state index in [1.165, 1.54) is 0 Å². The first kappa shape index (κ1) is 13.2. The molecule has 6 nitrogen and oxygen atoms in total. The third-order valence-corrected chi connectivity index (χ3v) is 1.47. The lowest BCUT2D eigenvalue weighted by Crippen LogP contribution is -2.29. The van der Waals surface area contributed by atoms with Gasteiger partial charge in [0.05, 0.1) is 6.61 Å². The van der Waals surface area contributed by atoms with Crippen LogP contribution in [0.2, 0.25) is 0 Å². The molecule has 4 N–H and O–H groups in total. The van der Waals surface area contributed by atoms with E-state index in [1.807, 2.05) is 0 Å². The lowest BCUT2D eigenvalue weighted by molar-refractivity contribution is 0.0321. The minimum atomic E-state index is -1.03.